The van der Waals surface area contributed by atoms with E-state index in [1.807, 2.05) is 24.3 Å². The molecule has 19 heavy (non-hydrogen) atoms. The van der Waals surface area contributed by atoms with Gasteiger partial charge in [-0.3, -0.25) is 5.10 Å². The van der Waals surface area contributed by atoms with E-state index in [-0.39, 0.29) is 0 Å². The first kappa shape index (κ1) is 12.0. The minimum atomic E-state index is 0.725. The summed E-state index contributed by atoms with van der Waals surface area (Å²) in [6.07, 6.45) is 1.77. The van der Waals surface area contributed by atoms with Crippen molar-refractivity contribution in [2.24, 2.45) is 0 Å². The normalized spacial score (nSPS) is 10.8. The van der Waals surface area contributed by atoms with Crippen LogP contribution >= 0.6 is 15.9 Å². The number of H-pyrrole nitrogens is 1. The van der Waals surface area contributed by atoms with Crippen LogP contribution in [0.25, 0.3) is 10.9 Å². The molecule has 0 unspecified atom stereocenters. The van der Waals surface area contributed by atoms with Gasteiger partial charge in [-0.25, -0.2) is 0 Å². The number of nitrogens with one attached hydrogen (secondary N) is 2. The highest BCUT2D eigenvalue weighted by Crippen LogP contribution is 2.25. The first-order valence-corrected chi connectivity index (χ1v) is 6.72. The summed E-state index contributed by atoms with van der Waals surface area (Å²) in [7, 11) is 0. The summed E-state index contributed by atoms with van der Waals surface area (Å²) >= 11 is 3.46. The smallest absolute Gasteiger partial charge is 0.0672 e. The van der Waals surface area contributed by atoms with E-state index in [9.17, 15) is 0 Å². The Bertz CT molecular complexity index is 720. The van der Waals surface area contributed by atoms with E-state index in [0.717, 1.165) is 33.3 Å². The van der Waals surface area contributed by atoms with Crippen LogP contribution in [-0.2, 0) is 6.54 Å². The van der Waals surface area contributed by atoms with E-state index >= 15 is 0 Å². The monoisotopic (exact) mass is 316 g/mol. The van der Waals surface area contributed by atoms with Crippen molar-refractivity contribution in [1.82, 2.24) is 10.2 Å². The Morgan fingerprint density at radius 1 is 1.26 bits per heavy atom. The lowest BCUT2D eigenvalue weighted by atomic mass is 10.2. The summed E-state index contributed by atoms with van der Waals surface area (Å²) in [5.74, 6) is 0. The number of halogens is 1. The van der Waals surface area contributed by atoms with Gasteiger partial charge < -0.3 is 11.1 Å². The Balaban J connectivity index is 1.83. The molecule has 4 nitrogen and oxygen atoms in total. The number of rotatable bonds is 3. The maximum absolute atomic E-state index is 6.03. The van der Waals surface area contributed by atoms with Crippen LogP contribution in [0.2, 0.25) is 0 Å². The summed E-state index contributed by atoms with van der Waals surface area (Å²) in [5, 5.41) is 11.3. The van der Waals surface area contributed by atoms with E-state index in [4.69, 9.17) is 5.73 Å². The molecular formula is C14H13BrN4. The van der Waals surface area contributed by atoms with E-state index in [0.29, 0.717) is 0 Å². The van der Waals surface area contributed by atoms with Gasteiger partial charge in [-0.05, 0) is 29.8 Å². The number of aromatic nitrogens is 2. The summed E-state index contributed by atoms with van der Waals surface area (Å²) in [5.41, 5.74) is 9.84. The predicted octanol–water partition coefficient (Wildman–Crippen LogP) is 3.52. The lowest BCUT2D eigenvalue weighted by Crippen LogP contribution is -2.02. The van der Waals surface area contributed by atoms with Gasteiger partial charge in [0.2, 0.25) is 0 Å². The van der Waals surface area contributed by atoms with Gasteiger partial charge in [-0.2, -0.15) is 5.10 Å². The van der Waals surface area contributed by atoms with Crippen molar-refractivity contribution >= 4 is 38.2 Å². The predicted molar refractivity (Wildman–Crippen MR) is 82.0 cm³/mol. The summed E-state index contributed by atoms with van der Waals surface area (Å²) in [6.45, 7) is 0.725. The molecule has 0 saturated heterocycles. The van der Waals surface area contributed by atoms with Crippen molar-refractivity contribution < 1.29 is 0 Å². The Hall–Kier alpha value is -2.01. The molecule has 1 aromatic heterocycles. The summed E-state index contributed by atoms with van der Waals surface area (Å²) in [6, 6.07) is 12.1. The number of aromatic amines is 1. The molecule has 0 spiro atoms. The summed E-state index contributed by atoms with van der Waals surface area (Å²) < 4.78 is 1.07. The maximum atomic E-state index is 6.03. The largest absolute Gasteiger partial charge is 0.397 e. The average molecular weight is 317 g/mol. The topological polar surface area (TPSA) is 66.7 Å². The van der Waals surface area contributed by atoms with Crippen LogP contribution in [0, 0.1) is 0 Å². The van der Waals surface area contributed by atoms with E-state index in [2.05, 4.69) is 43.6 Å². The van der Waals surface area contributed by atoms with Crippen LogP contribution in [-0.4, -0.2) is 10.2 Å². The molecular weight excluding hydrogens is 304 g/mol. The molecule has 0 aliphatic rings. The van der Waals surface area contributed by atoms with Gasteiger partial charge in [0, 0.05) is 16.4 Å². The third-order valence-corrected chi connectivity index (χ3v) is 3.48. The number of benzene rings is 2. The Morgan fingerprint density at radius 3 is 3.00 bits per heavy atom. The molecule has 0 aliphatic carbocycles. The second kappa shape index (κ2) is 4.93. The van der Waals surface area contributed by atoms with Gasteiger partial charge in [0.1, 0.15) is 0 Å². The van der Waals surface area contributed by atoms with Crippen LogP contribution in [0.3, 0.4) is 0 Å². The van der Waals surface area contributed by atoms with Crippen molar-refractivity contribution in [3.8, 4) is 0 Å². The van der Waals surface area contributed by atoms with Crippen molar-refractivity contribution in [3.05, 3.63) is 52.6 Å². The number of nitrogens with two attached hydrogens (primary N) is 1. The Kier molecular flexibility index (Phi) is 3.13. The van der Waals surface area contributed by atoms with Crippen molar-refractivity contribution in [1.29, 1.82) is 0 Å². The van der Waals surface area contributed by atoms with Gasteiger partial charge in [0.05, 0.1) is 23.1 Å². The lowest BCUT2D eigenvalue weighted by molar-refractivity contribution is 1.12. The van der Waals surface area contributed by atoms with Gasteiger partial charge in [0.15, 0.2) is 0 Å². The molecule has 0 radical (unpaired) electrons. The number of nitrogen functional groups attached to an aromatic ring is 1. The van der Waals surface area contributed by atoms with Crippen LogP contribution in [0.4, 0.5) is 11.4 Å². The highest BCUT2D eigenvalue weighted by Gasteiger charge is 2.03. The standard InChI is InChI=1S/C14H13BrN4/c15-11-3-1-2-9(4-11)7-17-14-6-13-10(5-12(14)16)8-18-19-13/h1-6,8,17H,7,16H2,(H,18,19). The van der Waals surface area contributed by atoms with E-state index in [1.54, 1.807) is 6.20 Å². The molecule has 0 atom stereocenters. The van der Waals surface area contributed by atoms with Crippen LogP contribution < -0.4 is 11.1 Å². The fraction of sp³-hybridized carbons (Fsp3) is 0.0714. The lowest BCUT2D eigenvalue weighted by Gasteiger charge is -2.10. The average Bonchev–Trinajstić information content (AvgIpc) is 2.83. The molecule has 2 aromatic carbocycles. The molecule has 96 valence electrons. The Labute approximate surface area is 119 Å². The molecule has 0 fully saturated rings. The van der Waals surface area contributed by atoms with Crippen molar-refractivity contribution in [3.63, 3.8) is 0 Å². The second-order valence-electron chi connectivity index (χ2n) is 4.38. The van der Waals surface area contributed by atoms with E-state index in [1.165, 1.54) is 5.56 Å². The first-order chi connectivity index (χ1) is 9.22. The van der Waals surface area contributed by atoms with Gasteiger partial charge in [-0.1, -0.05) is 28.1 Å². The number of anilines is 2. The molecule has 0 saturated carbocycles. The van der Waals surface area contributed by atoms with E-state index < -0.39 is 0 Å². The highest BCUT2D eigenvalue weighted by atomic mass is 79.9. The van der Waals surface area contributed by atoms with Crippen LogP contribution in [0.1, 0.15) is 5.56 Å². The van der Waals surface area contributed by atoms with Crippen molar-refractivity contribution in [2.45, 2.75) is 6.54 Å². The minimum absolute atomic E-state index is 0.725. The molecule has 5 heteroatoms. The van der Waals surface area contributed by atoms with Crippen molar-refractivity contribution in [2.75, 3.05) is 11.1 Å². The third kappa shape index (κ3) is 2.56. The van der Waals surface area contributed by atoms with Crippen LogP contribution in [0.15, 0.2) is 47.1 Å². The highest BCUT2D eigenvalue weighted by molar-refractivity contribution is 9.10. The Morgan fingerprint density at radius 2 is 2.16 bits per heavy atom. The molecule has 0 bridgehead atoms. The first-order valence-electron chi connectivity index (χ1n) is 5.93. The molecule has 0 aliphatic heterocycles. The molecule has 1 heterocycles. The second-order valence-corrected chi connectivity index (χ2v) is 5.30. The van der Waals surface area contributed by atoms with Gasteiger partial charge in [0.25, 0.3) is 0 Å². The number of hydrogen-bond acceptors (Lipinski definition) is 3. The third-order valence-electron chi connectivity index (χ3n) is 2.98. The number of nitrogens with zero attached hydrogens (tertiary/aromatic N) is 1. The van der Waals surface area contributed by atoms with Crippen LogP contribution in [0.5, 0.6) is 0 Å². The molecule has 4 N–H and O–H groups in total. The fourth-order valence-electron chi connectivity index (χ4n) is 2.01. The molecule has 3 aromatic rings. The minimum Gasteiger partial charge on any atom is -0.397 e. The SMILES string of the molecule is Nc1cc2cn[nH]c2cc1NCc1cccc(Br)c1. The zero-order valence-corrected chi connectivity index (χ0v) is 11.7. The number of hydrogen-bond donors (Lipinski definition) is 3. The zero-order valence-electron chi connectivity index (χ0n) is 10.2. The number of fused-ring (bicyclic) bond motifs is 1. The molecule has 3 rings (SSSR count). The summed E-state index contributed by atoms with van der Waals surface area (Å²) in [4.78, 5) is 0. The zero-order chi connectivity index (χ0) is 13.2. The molecule has 0 amide bonds. The quantitative estimate of drug-likeness (QED) is 0.648. The van der Waals surface area contributed by atoms with Gasteiger partial charge >= 0.3 is 0 Å². The fourth-order valence-corrected chi connectivity index (χ4v) is 2.45. The maximum Gasteiger partial charge on any atom is 0.0672 e. The van der Waals surface area contributed by atoms with Gasteiger partial charge in [-0.15, -0.1) is 0 Å².